The molecule has 3 amide bonds. The summed E-state index contributed by atoms with van der Waals surface area (Å²) in [6.45, 7) is 5.82. The Kier molecular flexibility index (Phi) is 6.30. The number of nitrogens with zero attached hydrogens (tertiary/aromatic N) is 3. The number of urea groups is 1. The molecule has 1 atom stereocenters. The maximum absolute atomic E-state index is 13.6. The average molecular weight is 491 g/mol. The van der Waals surface area contributed by atoms with Crippen molar-refractivity contribution in [3.8, 4) is 0 Å². The summed E-state index contributed by atoms with van der Waals surface area (Å²) in [5, 5.41) is 5.98. The van der Waals surface area contributed by atoms with E-state index in [-0.39, 0.29) is 23.8 Å². The summed E-state index contributed by atoms with van der Waals surface area (Å²) >= 11 is 1.58. The summed E-state index contributed by atoms with van der Waals surface area (Å²) in [5.41, 5.74) is 3.43. The maximum Gasteiger partial charge on any atom is 0.322 e. The highest BCUT2D eigenvalue weighted by Gasteiger charge is 2.32. The van der Waals surface area contributed by atoms with E-state index >= 15 is 0 Å². The number of anilines is 1. The minimum Gasteiger partial charge on any atom is -0.334 e. The summed E-state index contributed by atoms with van der Waals surface area (Å²) in [4.78, 5) is 31.1. The molecule has 180 valence electrons. The van der Waals surface area contributed by atoms with Crippen LogP contribution in [0.15, 0.2) is 66.0 Å². The lowest BCUT2D eigenvalue weighted by Gasteiger charge is -2.39. The van der Waals surface area contributed by atoms with Crippen LogP contribution in [-0.2, 0) is 6.54 Å². The molecule has 0 saturated carbocycles. The number of rotatable bonds is 4. The van der Waals surface area contributed by atoms with Gasteiger partial charge in [0.25, 0.3) is 5.91 Å². The van der Waals surface area contributed by atoms with Gasteiger partial charge in [0.05, 0.1) is 0 Å². The van der Waals surface area contributed by atoms with E-state index in [0.29, 0.717) is 31.9 Å². The first kappa shape index (κ1) is 23.1. The zero-order chi connectivity index (χ0) is 24.5. The third kappa shape index (κ3) is 4.79. The highest BCUT2D eigenvalue weighted by Crippen LogP contribution is 2.28. The second-order valence-corrected chi connectivity index (χ2v) is 9.91. The number of carbonyl (C=O) groups excluding carboxylic acids is 2. The number of aryl methyl sites for hydroxylation is 1. The Morgan fingerprint density at radius 2 is 1.80 bits per heavy atom. The molecule has 0 unspecified atom stereocenters. The lowest BCUT2D eigenvalue weighted by atomic mass is 10.1. The molecule has 1 N–H and O–H groups in total. The van der Waals surface area contributed by atoms with Gasteiger partial charge in [-0.05, 0) is 61.2 Å². The van der Waals surface area contributed by atoms with E-state index in [9.17, 15) is 14.0 Å². The second-order valence-electron chi connectivity index (χ2n) is 9.01. The van der Waals surface area contributed by atoms with Crippen molar-refractivity contribution < 1.29 is 14.0 Å². The molecule has 1 aliphatic rings. The molecule has 1 fully saturated rings. The van der Waals surface area contributed by atoms with E-state index in [1.807, 2.05) is 65.1 Å². The summed E-state index contributed by atoms with van der Waals surface area (Å²) < 4.78 is 15.4. The SMILES string of the molecule is Cc1ccc(NC(=O)N2CCN(C(=O)c3cc4ccsc4n3Cc3ccc(F)cc3)C[C@@H]2C)cc1. The number of nitrogens with one attached hydrogen (secondary N) is 1. The zero-order valence-corrected chi connectivity index (χ0v) is 20.5. The molecule has 5 rings (SSSR count). The van der Waals surface area contributed by atoms with Crippen LogP contribution >= 0.6 is 11.3 Å². The molecule has 0 spiro atoms. The Labute approximate surface area is 207 Å². The van der Waals surface area contributed by atoms with Gasteiger partial charge in [0.15, 0.2) is 0 Å². The van der Waals surface area contributed by atoms with Gasteiger partial charge in [0.1, 0.15) is 16.3 Å². The van der Waals surface area contributed by atoms with Crippen molar-refractivity contribution in [3.63, 3.8) is 0 Å². The molecule has 0 radical (unpaired) electrons. The molecular weight excluding hydrogens is 463 g/mol. The third-order valence-corrected chi connectivity index (χ3v) is 7.41. The van der Waals surface area contributed by atoms with Crippen molar-refractivity contribution in [2.75, 3.05) is 25.0 Å². The molecule has 0 aliphatic carbocycles. The van der Waals surface area contributed by atoms with Gasteiger partial charge in [-0.25, -0.2) is 9.18 Å². The molecule has 4 aromatic rings. The number of hydrogen-bond donors (Lipinski definition) is 1. The van der Waals surface area contributed by atoms with Crippen molar-refractivity contribution in [2.45, 2.75) is 26.4 Å². The molecule has 6 nitrogen and oxygen atoms in total. The lowest BCUT2D eigenvalue weighted by molar-refractivity contribution is 0.0583. The molecular formula is C27H27FN4O2S. The van der Waals surface area contributed by atoms with Crippen LogP contribution in [0, 0.1) is 12.7 Å². The average Bonchev–Trinajstić information content (AvgIpc) is 3.44. The van der Waals surface area contributed by atoms with Crippen molar-refractivity contribution >= 4 is 39.2 Å². The van der Waals surface area contributed by atoms with Crippen LogP contribution in [-0.4, -0.2) is 52.0 Å². The minimum absolute atomic E-state index is 0.0547. The standard InChI is InChI=1S/C27H27FN4O2S/c1-18-3-9-23(10-4-18)29-27(34)31-13-12-30(16-19(31)2)25(33)24-15-21-11-14-35-26(21)32(24)17-20-5-7-22(28)8-6-20/h3-11,14-15,19H,12-13,16-17H2,1-2H3,(H,29,34)/t19-/m0/s1. The van der Waals surface area contributed by atoms with E-state index in [0.717, 1.165) is 27.0 Å². The quantitative estimate of drug-likeness (QED) is 0.406. The fourth-order valence-corrected chi connectivity index (χ4v) is 5.42. The van der Waals surface area contributed by atoms with Crippen molar-refractivity contribution in [3.05, 3.63) is 88.7 Å². The summed E-state index contributed by atoms with van der Waals surface area (Å²) in [6.07, 6.45) is 0. The highest BCUT2D eigenvalue weighted by atomic mass is 32.1. The number of hydrogen-bond acceptors (Lipinski definition) is 3. The zero-order valence-electron chi connectivity index (χ0n) is 19.7. The Balaban J connectivity index is 1.31. The topological polar surface area (TPSA) is 57.6 Å². The van der Waals surface area contributed by atoms with E-state index in [1.54, 1.807) is 28.4 Å². The third-order valence-electron chi connectivity index (χ3n) is 6.45. The Bertz CT molecular complexity index is 1360. The summed E-state index contributed by atoms with van der Waals surface area (Å²) in [7, 11) is 0. The first-order valence-electron chi connectivity index (χ1n) is 11.6. The van der Waals surface area contributed by atoms with Gasteiger partial charge < -0.3 is 19.7 Å². The molecule has 1 saturated heterocycles. The first-order chi connectivity index (χ1) is 16.9. The second kappa shape index (κ2) is 9.54. The van der Waals surface area contributed by atoms with Crippen LogP contribution < -0.4 is 5.32 Å². The minimum atomic E-state index is -0.280. The molecule has 2 aromatic heterocycles. The molecule has 8 heteroatoms. The monoisotopic (exact) mass is 490 g/mol. The van der Waals surface area contributed by atoms with Crippen LogP contribution in [0.4, 0.5) is 14.9 Å². The van der Waals surface area contributed by atoms with Crippen LogP contribution in [0.25, 0.3) is 10.2 Å². The fraction of sp³-hybridized carbons (Fsp3) is 0.259. The highest BCUT2D eigenvalue weighted by molar-refractivity contribution is 7.16. The van der Waals surface area contributed by atoms with E-state index in [1.165, 1.54) is 12.1 Å². The fourth-order valence-electron chi connectivity index (χ4n) is 4.52. The van der Waals surface area contributed by atoms with Crippen molar-refractivity contribution in [1.82, 2.24) is 14.4 Å². The van der Waals surface area contributed by atoms with Gasteiger partial charge >= 0.3 is 6.03 Å². The predicted molar refractivity (Wildman–Crippen MR) is 138 cm³/mol. The molecule has 35 heavy (non-hydrogen) atoms. The number of piperazine rings is 1. The smallest absolute Gasteiger partial charge is 0.322 e. The van der Waals surface area contributed by atoms with Crippen molar-refractivity contribution in [2.24, 2.45) is 0 Å². The van der Waals surface area contributed by atoms with Crippen molar-refractivity contribution in [1.29, 1.82) is 0 Å². The molecule has 1 aliphatic heterocycles. The van der Waals surface area contributed by atoms with Crippen LogP contribution in [0.5, 0.6) is 0 Å². The predicted octanol–water partition coefficient (Wildman–Crippen LogP) is 5.58. The lowest BCUT2D eigenvalue weighted by Crippen LogP contribution is -2.56. The van der Waals surface area contributed by atoms with E-state index < -0.39 is 0 Å². The van der Waals surface area contributed by atoms with Gasteiger partial charge in [-0.2, -0.15) is 0 Å². The number of thiophene rings is 1. The number of amides is 3. The number of fused-ring (bicyclic) bond motifs is 1. The first-order valence-corrected chi connectivity index (χ1v) is 12.5. The maximum atomic E-state index is 13.6. The molecule has 0 bridgehead atoms. The van der Waals surface area contributed by atoms with Gasteiger partial charge in [0, 0.05) is 43.3 Å². The summed E-state index contributed by atoms with van der Waals surface area (Å²) in [6, 6.07) is 17.7. The Morgan fingerprint density at radius 1 is 1.06 bits per heavy atom. The van der Waals surface area contributed by atoms with Gasteiger partial charge in [-0.1, -0.05) is 29.8 Å². The van der Waals surface area contributed by atoms with Gasteiger partial charge in [-0.3, -0.25) is 4.79 Å². The van der Waals surface area contributed by atoms with Gasteiger partial charge in [0.2, 0.25) is 0 Å². The van der Waals surface area contributed by atoms with E-state index in [2.05, 4.69) is 5.32 Å². The number of carbonyl (C=O) groups is 2. The van der Waals surface area contributed by atoms with Gasteiger partial charge in [-0.15, -0.1) is 11.3 Å². The Hall–Kier alpha value is -3.65. The number of aromatic nitrogens is 1. The number of halogens is 1. The molecule has 2 aromatic carbocycles. The van der Waals surface area contributed by atoms with Crippen LogP contribution in [0.2, 0.25) is 0 Å². The number of benzene rings is 2. The normalized spacial score (nSPS) is 16.0. The largest absolute Gasteiger partial charge is 0.334 e. The van der Waals surface area contributed by atoms with E-state index in [4.69, 9.17) is 0 Å². The van der Waals surface area contributed by atoms with Crippen LogP contribution in [0.1, 0.15) is 28.5 Å². The molecule has 3 heterocycles. The summed E-state index contributed by atoms with van der Waals surface area (Å²) in [5.74, 6) is -0.335. The Morgan fingerprint density at radius 3 is 2.51 bits per heavy atom. The van der Waals surface area contributed by atoms with Crippen LogP contribution in [0.3, 0.4) is 0 Å².